The number of rotatable bonds is 3. The summed E-state index contributed by atoms with van der Waals surface area (Å²) in [4.78, 5) is 23.0. The summed E-state index contributed by atoms with van der Waals surface area (Å²) >= 11 is 0. The largest absolute Gasteiger partial charge is 0.463 e. The topological polar surface area (TPSA) is 43.4 Å². The number of ether oxygens (including phenoxy) is 1. The minimum atomic E-state index is -0.360. The maximum atomic E-state index is 11.8. The van der Waals surface area contributed by atoms with E-state index in [2.05, 4.69) is 0 Å². The molecule has 0 saturated heterocycles. The summed E-state index contributed by atoms with van der Waals surface area (Å²) in [5, 5.41) is 0. The molecule has 1 aliphatic carbocycles. The van der Waals surface area contributed by atoms with E-state index in [0.717, 1.165) is 29.5 Å². The van der Waals surface area contributed by atoms with Crippen molar-refractivity contribution in [1.82, 2.24) is 0 Å². The average molecular weight is 244 g/mol. The third-order valence-corrected chi connectivity index (χ3v) is 2.98. The Morgan fingerprint density at radius 1 is 1.39 bits per heavy atom. The molecule has 1 aromatic carbocycles. The quantitative estimate of drug-likeness (QED) is 0.606. The van der Waals surface area contributed by atoms with E-state index < -0.39 is 0 Å². The molecule has 2 rings (SSSR count). The van der Waals surface area contributed by atoms with E-state index in [1.54, 1.807) is 13.0 Å². The van der Waals surface area contributed by atoms with Gasteiger partial charge in [0.15, 0.2) is 5.78 Å². The molecule has 18 heavy (non-hydrogen) atoms. The summed E-state index contributed by atoms with van der Waals surface area (Å²) in [6.45, 7) is 2.13. The number of carbonyl (C=O) groups excluding carboxylic acids is 2. The summed E-state index contributed by atoms with van der Waals surface area (Å²) in [6.07, 6.45) is 5.59. The number of benzene rings is 1. The molecule has 0 bridgehead atoms. The molecule has 0 N–H and O–H groups in total. The number of ketones is 1. The van der Waals surface area contributed by atoms with E-state index in [4.69, 9.17) is 4.74 Å². The molecule has 0 saturated carbocycles. The van der Waals surface area contributed by atoms with Crippen LogP contribution in [0, 0.1) is 0 Å². The predicted octanol–water partition coefficient (Wildman–Crippen LogP) is 2.78. The normalized spacial score (nSPS) is 14.6. The van der Waals surface area contributed by atoms with Crippen molar-refractivity contribution < 1.29 is 14.3 Å². The van der Waals surface area contributed by atoms with Gasteiger partial charge in [0, 0.05) is 18.1 Å². The van der Waals surface area contributed by atoms with Crippen molar-refractivity contribution in [1.29, 1.82) is 0 Å². The zero-order valence-corrected chi connectivity index (χ0v) is 10.4. The molecule has 0 heterocycles. The number of Topliss-reactive ketones (excluding diaryl/α,β-unsaturated/α-hetero) is 1. The van der Waals surface area contributed by atoms with Gasteiger partial charge in [-0.2, -0.15) is 0 Å². The SMILES string of the molecule is CCOC(=O)C=Cc1ccc2c(c1)C(=O)CCC2. The highest BCUT2D eigenvalue weighted by Crippen LogP contribution is 2.22. The maximum Gasteiger partial charge on any atom is 0.330 e. The number of carbonyl (C=O) groups is 2. The first-order valence-electron chi connectivity index (χ1n) is 6.21. The van der Waals surface area contributed by atoms with Crippen LogP contribution in [-0.2, 0) is 16.0 Å². The number of hydrogen-bond donors (Lipinski definition) is 0. The molecule has 0 radical (unpaired) electrons. The van der Waals surface area contributed by atoms with Crippen molar-refractivity contribution in [2.45, 2.75) is 26.2 Å². The fourth-order valence-electron chi connectivity index (χ4n) is 2.10. The van der Waals surface area contributed by atoms with Crippen LogP contribution in [0.15, 0.2) is 24.3 Å². The Morgan fingerprint density at radius 3 is 3.00 bits per heavy atom. The Balaban J connectivity index is 2.18. The highest BCUT2D eigenvalue weighted by atomic mass is 16.5. The Hall–Kier alpha value is -1.90. The zero-order valence-electron chi connectivity index (χ0n) is 10.4. The number of aryl methyl sites for hydroxylation is 1. The first-order chi connectivity index (χ1) is 8.70. The lowest BCUT2D eigenvalue weighted by Crippen LogP contribution is -2.10. The second-order valence-electron chi connectivity index (χ2n) is 4.28. The van der Waals surface area contributed by atoms with Crippen LogP contribution in [0.1, 0.15) is 41.3 Å². The van der Waals surface area contributed by atoms with Crippen molar-refractivity contribution >= 4 is 17.8 Å². The molecular formula is C15H16O3. The third-order valence-electron chi connectivity index (χ3n) is 2.98. The minimum absolute atomic E-state index is 0.197. The van der Waals surface area contributed by atoms with Gasteiger partial charge in [0.25, 0.3) is 0 Å². The lowest BCUT2D eigenvalue weighted by Gasteiger charge is -2.14. The Bertz CT molecular complexity index is 500. The van der Waals surface area contributed by atoms with Crippen LogP contribution in [0.2, 0.25) is 0 Å². The Labute approximate surface area is 106 Å². The van der Waals surface area contributed by atoms with Crippen LogP contribution in [-0.4, -0.2) is 18.4 Å². The molecule has 0 fully saturated rings. The first kappa shape index (κ1) is 12.6. The maximum absolute atomic E-state index is 11.8. The Morgan fingerprint density at radius 2 is 2.22 bits per heavy atom. The van der Waals surface area contributed by atoms with E-state index in [1.807, 2.05) is 18.2 Å². The van der Waals surface area contributed by atoms with Gasteiger partial charge in [-0.25, -0.2) is 4.79 Å². The number of esters is 1. The van der Waals surface area contributed by atoms with Gasteiger partial charge in [0.2, 0.25) is 0 Å². The highest BCUT2D eigenvalue weighted by Gasteiger charge is 2.16. The molecular weight excluding hydrogens is 228 g/mol. The molecule has 0 amide bonds. The van der Waals surface area contributed by atoms with Gasteiger partial charge in [0.1, 0.15) is 0 Å². The molecule has 3 nitrogen and oxygen atoms in total. The van der Waals surface area contributed by atoms with Gasteiger partial charge < -0.3 is 4.74 Å². The van der Waals surface area contributed by atoms with E-state index in [-0.39, 0.29) is 11.8 Å². The number of hydrogen-bond acceptors (Lipinski definition) is 3. The minimum Gasteiger partial charge on any atom is -0.463 e. The number of fused-ring (bicyclic) bond motifs is 1. The second kappa shape index (κ2) is 5.63. The molecule has 0 unspecified atom stereocenters. The lowest BCUT2D eigenvalue weighted by atomic mass is 9.89. The highest BCUT2D eigenvalue weighted by molar-refractivity contribution is 5.99. The van der Waals surface area contributed by atoms with E-state index >= 15 is 0 Å². The standard InChI is InChI=1S/C15H16O3/c1-2-18-15(17)9-7-11-6-8-12-4-3-5-14(16)13(12)10-11/h6-10H,2-5H2,1H3. The molecule has 1 aromatic rings. The van der Waals surface area contributed by atoms with Gasteiger partial charge in [-0.3, -0.25) is 4.79 Å². The molecule has 0 aromatic heterocycles. The molecule has 0 spiro atoms. The predicted molar refractivity (Wildman–Crippen MR) is 69.4 cm³/mol. The first-order valence-corrected chi connectivity index (χ1v) is 6.21. The fraction of sp³-hybridized carbons (Fsp3) is 0.333. The molecule has 0 aliphatic heterocycles. The van der Waals surface area contributed by atoms with Crippen LogP contribution >= 0.6 is 0 Å². The summed E-state index contributed by atoms with van der Waals surface area (Å²) in [5.41, 5.74) is 2.77. The van der Waals surface area contributed by atoms with Crippen LogP contribution in [0.3, 0.4) is 0 Å². The fourth-order valence-corrected chi connectivity index (χ4v) is 2.10. The second-order valence-corrected chi connectivity index (χ2v) is 4.28. The van der Waals surface area contributed by atoms with E-state index in [0.29, 0.717) is 13.0 Å². The third kappa shape index (κ3) is 2.86. The van der Waals surface area contributed by atoms with Crippen LogP contribution in [0.5, 0.6) is 0 Å². The van der Waals surface area contributed by atoms with Gasteiger partial charge in [-0.15, -0.1) is 0 Å². The van der Waals surface area contributed by atoms with Crippen molar-refractivity contribution in [2.24, 2.45) is 0 Å². The molecule has 1 aliphatic rings. The summed E-state index contributed by atoms with van der Waals surface area (Å²) in [7, 11) is 0. The van der Waals surface area contributed by atoms with Crippen molar-refractivity contribution in [2.75, 3.05) is 6.61 Å². The summed E-state index contributed by atoms with van der Waals surface area (Å²) in [6, 6.07) is 5.75. The van der Waals surface area contributed by atoms with Gasteiger partial charge in [-0.05, 0) is 43.0 Å². The summed E-state index contributed by atoms with van der Waals surface area (Å²) in [5.74, 6) is -0.163. The van der Waals surface area contributed by atoms with Crippen molar-refractivity contribution in [3.8, 4) is 0 Å². The van der Waals surface area contributed by atoms with Crippen molar-refractivity contribution in [3.05, 3.63) is 41.0 Å². The monoisotopic (exact) mass is 244 g/mol. The van der Waals surface area contributed by atoms with E-state index in [9.17, 15) is 9.59 Å². The van der Waals surface area contributed by atoms with Crippen molar-refractivity contribution in [3.63, 3.8) is 0 Å². The van der Waals surface area contributed by atoms with Gasteiger partial charge in [0.05, 0.1) is 6.61 Å². The zero-order chi connectivity index (χ0) is 13.0. The smallest absolute Gasteiger partial charge is 0.330 e. The van der Waals surface area contributed by atoms with Crippen LogP contribution in [0.4, 0.5) is 0 Å². The van der Waals surface area contributed by atoms with Crippen LogP contribution in [0.25, 0.3) is 6.08 Å². The Kier molecular flexibility index (Phi) is 3.92. The van der Waals surface area contributed by atoms with Crippen LogP contribution < -0.4 is 0 Å². The summed E-state index contributed by atoms with van der Waals surface area (Å²) < 4.78 is 4.80. The lowest BCUT2D eigenvalue weighted by molar-refractivity contribution is -0.137. The average Bonchev–Trinajstić information content (AvgIpc) is 2.37. The molecule has 3 heteroatoms. The van der Waals surface area contributed by atoms with Gasteiger partial charge >= 0.3 is 5.97 Å². The molecule has 0 atom stereocenters. The molecule has 94 valence electrons. The van der Waals surface area contributed by atoms with E-state index in [1.165, 1.54) is 6.08 Å². The van der Waals surface area contributed by atoms with Gasteiger partial charge in [-0.1, -0.05) is 12.1 Å².